The molecule has 0 saturated heterocycles. The van der Waals surface area contributed by atoms with Crippen LogP contribution in [0, 0.1) is 13.8 Å². The molecule has 4 aromatic rings. The number of carbonyl (C=O) groups excluding carboxylic acids is 2. The number of benzene rings is 3. The van der Waals surface area contributed by atoms with Crippen LogP contribution in [0.3, 0.4) is 0 Å². The predicted molar refractivity (Wildman–Crippen MR) is 150 cm³/mol. The van der Waals surface area contributed by atoms with Gasteiger partial charge in [-0.1, -0.05) is 78.9 Å². The first-order chi connectivity index (χ1) is 17.8. The van der Waals surface area contributed by atoms with Gasteiger partial charge in [0, 0.05) is 17.1 Å². The number of aromatic nitrogens is 1. The Balaban J connectivity index is 1.49. The summed E-state index contributed by atoms with van der Waals surface area (Å²) < 4.78 is 0. The van der Waals surface area contributed by atoms with Crippen LogP contribution in [0.25, 0.3) is 0 Å². The van der Waals surface area contributed by atoms with E-state index < -0.39 is 0 Å². The van der Waals surface area contributed by atoms with Crippen LogP contribution in [0.15, 0.2) is 84.2 Å². The van der Waals surface area contributed by atoms with Crippen LogP contribution in [-0.2, 0) is 6.54 Å². The molecule has 0 bridgehead atoms. The van der Waals surface area contributed by atoms with Gasteiger partial charge in [0.2, 0.25) is 0 Å². The summed E-state index contributed by atoms with van der Waals surface area (Å²) in [6.45, 7) is 8.21. The molecule has 0 aliphatic heterocycles. The van der Waals surface area contributed by atoms with E-state index in [4.69, 9.17) is 0 Å². The molecule has 0 aliphatic carbocycles. The third-order valence-corrected chi connectivity index (χ3v) is 7.06. The highest BCUT2D eigenvalue weighted by Crippen LogP contribution is 2.24. The van der Waals surface area contributed by atoms with Crippen molar-refractivity contribution in [1.29, 1.82) is 0 Å². The van der Waals surface area contributed by atoms with Crippen molar-refractivity contribution in [2.24, 2.45) is 0 Å². The van der Waals surface area contributed by atoms with Gasteiger partial charge in [0.05, 0.1) is 12.6 Å². The highest BCUT2D eigenvalue weighted by molar-refractivity contribution is 7.09. The standard InChI is InChI=1S/C30H32N4O2S/c1-20(2)34(30(36)33-27-21(3)12-11-13-22(27)4)18-26-31-25(19-37-26)29(35)32-28(23-14-7-5-8-15-23)24-16-9-6-10-17-24/h5-17,19-20,28H,18H2,1-4H3,(H,32,35)(H,33,36). The Kier molecular flexibility index (Phi) is 8.36. The van der Waals surface area contributed by atoms with Crippen molar-refractivity contribution >= 4 is 29.0 Å². The Morgan fingerprint density at radius 1 is 0.865 bits per heavy atom. The van der Waals surface area contributed by atoms with Gasteiger partial charge in [-0.25, -0.2) is 9.78 Å². The largest absolute Gasteiger partial charge is 0.340 e. The maximum Gasteiger partial charge on any atom is 0.322 e. The van der Waals surface area contributed by atoms with E-state index in [1.807, 2.05) is 107 Å². The SMILES string of the molecule is Cc1cccc(C)c1NC(=O)N(Cc1nc(C(=O)NC(c2ccccc2)c2ccccc2)cs1)C(C)C. The minimum Gasteiger partial charge on any atom is -0.340 e. The summed E-state index contributed by atoms with van der Waals surface area (Å²) in [5, 5.41) is 8.64. The summed E-state index contributed by atoms with van der Waals surface area (Å²) in [6, 6.07) is 25.1. The minimum atomic E-state index is -0.296. The maximum absolute atomic E-state index is 13.2. The second-order valence-corrected chi connectivity index (χ2v) is 10.2. The molecule has 0 saturated carbocycles. The van der Waals surface area contributed by atoms with Gasteiger partial charge in [-0.3, -0.25) is 4.79 Å². The molecule has 1 heterocycles. The molecule has 1 aromatic heterocycles. The Hall–Kier alpha value is -3.97. The van der Waals surface area contributed by atoms with Crippen molar-refractivity contribution in [3.8, 4) is 0 Å². The normalized spacial score (nSPS) is 11.0. The molecule has 0 unspecified atom stereocenters. The lowest BCUT2D eigenvalue weighted by atomic mass is 9.98. The topological polar surface area (TPSA) is 74.3 Å². The Morgan fingerprint density at radius 3 is 1.97 bits per heavy atom. The molecule has 3 amide bonds. The van der Waals surface area contributed by atoms with Crippen LogP contribution >= 0.6 is 11.3 Å². The number of rotatable bonds is 8. The number of urea groups is 1. The Morgan fingerprint density at radius 2 is 1.43 bits per heavy atom. The summed E-state index contributed by atoms with van der Waals surface area (Å²) in [5.41, 5.74) is 5.17. The van der Waals surface area contributed by atoms with Gasteiger partial charge >= 0.3 is 6.03 Å². The van der Waals surface area contributed by atoms with Crippen LogP contribution < -0.4 is 10.6 Å². The van der Waals surface area contributed by atoms with Crippen molar-refractivity contribution in [3.05, 3.63) is 117 Å². The molecule has 6 nitrogen and oxygen atoms in total. The minimum absolute atomic E-state index is 0.0500. The lowest BCUT2D eigenvalue weighted by Crippen LogP contribution is -2.39. The number of aryl methyl sites for hydroxylation is 2. The van der Waals surface area contributed by atoms with Crippen LogP contribution in [0.2, 0.25) is 0 Å². The van der Waals surface area contributed by atoms with E-state index in [0.717, 1.165) is 27.9 Å². The van der Waals surface area contributed by atoms with Crippen LogP contribution in [0.5, 0.6) is 0 Å². The smallest absolute Gasteiger partial charge is 0.322 e. The molecule has 0 atom stereocenters. The molecule has 7 heteroatoms. The zero-order chi connectivity index (χ0) is 26.4. The van der Waals surface area contributed by atoms with Crippen LogP contribution in [-0.4, -0.2) is 27.9 Å². The monoisotopic (exact) mass is 512 g/mol. The van der Waals surface area contributed by atoms with Crippen molar-refractivity contribution in [3.63, 3.8) is 0 Å². The number of hydrogen-bond donors (Lipinski definition) is 2. The lowest BCUT2D eigenvalue weighted by Gasteiger charge is -2.27. The molecule has 0 spiro atoms. The van der Waals surface area contributed by atoms with Crippen molar-refractivity contribution < 1.29 is 9.59 Å². The fourth-order valence-electron chi connectivity index (χ4n) is 4.17. The molecular weight excluding hydrogens is 480 g/mol. The van der Waals surface area contributed by atoms with Gasteiger partial charge in [0.25, 0.3) is 5.91 Å². The molecule has 4 rings (SSSR count). The summed E-state index contributed by atoms with van der Waals surface area (Å²) >= 11 is 1.38. The van der Waals surface area contributed by atoms with Crippen LogP contribution in [0.1, 0.15) is 57.6 Å². The molecular formula is C30H32N4O2S. The number of carbonyl (C=O) groups is 2. The number of anilines is 1. The van der Waals surface area contributed by atoms with E-state index in [0.29, 0.717) is 17.2 Å². The van der Waals surface area contributed by atoms with Gasteiger partial charge in [-0.15, -0.1) is 11.3 Å². The van der Waals surface area contributed by atoms with E-state index >= 15 is 0 Å². The van der Waals surface area contributed by atoms with Crippen LogP contribution in [0.4, 0.5) is 10.5 Å². The first kappa shape index (κ1) is 26.1. The molecule has 3 aromatic carbocycles. The summed E-state index contributed by atoms with van der Waals surface area (Å²) in [5.74, 6) is -0.253. The zero-order valence-corrected chi connectivity index (χ0v) is 22.4. The Bertz CT molecular complexity index is 1290. The number of nitrogens with zero attached hydrogens (tertiary/aromatic N) is 2. The maximum atomic E-state index is 13.2. The van der Waals surface area contributed by atoms with E-state index in [-0.39, 0.29) is 24.0 Å². The first-order valence-electron chi connectivity index (χ1n) is 12.3. The van der Waals surface area contributed by atoms with E-state index in [9.17, 15) is 9.59 Å². The molecule has 37 heavy (non-hydrogen) atoms. The van der Waals surface area contributed by atoms with E-state index in [1.165, 1.54) is 11.3 Å². The van der Waals surface area contributed by atoms with Crippen molar-refractivity contribution in [2.45, 2.75) is 46.3 Å². The van der Waals surface area contributed by atoms with Gasteiger partial charge in [0.1, 0.15) is 10.7 Å². The number of amides is 3. The highest BCUT2D eigenvalue weighted by atomic mass is 32.1. The molecule has 190 valence electrons. The quantitative estimate of drug-likeness (QED) is 0.275. The van der Waals surface area contributed by atoms with Gasteiger partial charge in [-0.2, -0.15) is 0 Å². The second kappa shape index (κ2) is 11.8. The summed E-state index contributed by atoms with van der Waals surface area (Å²) in [6.07, 6.45) is 0. The first-order valence-corrected chi connectivity index (χ1v) is 13.2. The Labute approximate surface area is 222 Å². The summed E-state index contributed by atoms with van der Waals surface area (Å²) in [4.78, 5) is 32.7. The third-order valence-electron chi connectivity index (χ3n) is 6.23. The number of para-hydroxylation sites is 1. The number of hydrogen-bond acceptors (Lipinski definition) is 4. The van der Waals surface area contributed by atoms with Gasteiger partial charge in [0.15, 0.2) is 0 Å². The highest BCUT2D eigenvalue weighted by Gasteiger charge is 2.23. The van der Waals surface area contributed by atoms with E-state index in [1.54, 1.807) is 10.3 Å². The number of nitrogens with one attached hydrogen (secondary N) is 2. The fraction of sp³-hybridized carbons (Fsp3) is 0.233. The molecule has 0 radical (unpaired) electrons. The average molecular weight is 513 g/mol. The molecule has 2 N–H and O–H groups in total. The number of thiazole rings is 1. The van der Waals surface area contributed by atoms with Gasteiger partial charge < -0.3 is 15.5 Å². The van der Waals surface area contributed by atoms with Gasteiger partial charge in [-0.05, 0) is 49.9 Å². The second-order valence-electron chi connectivity index (χ2n) is 9.27. The average Bonchev–Trinajstić information content (AvgIpc) is 3.38. The van der Waals surface area contributed by atoms with Crippen molar-refractivity contribution in [2.75, 3.05) is 5.32 Å². The van der Waals surface area contributed by atoms with Crippen molar-refractivity contribution in [1.82, 2.24) is 15.2 Å². The molecule has 0 fully saturated rings. The summed E-state index contributed by atoms with van der Waals surface area (Å²) in [7, 11) is 0. The third kappa shape index (κ3) is 6.43. The fourth-order valence-corrected chi connectivity index (χ4v) is 4.94. The lowest BCUT2D eigenvalue weighted by molar-refractivity contribution is 0.0938. The molecule has 0 aliphatic rings. The zero-order valence-electron chi connectivity index (χ0n) is 21.6. The predicted octanol–water partition coefficient (Wildman–Crippen LogP) is 6.72. The van der Waals surface area contributed by atoms with E-state index in [2.05, 4.69) is 15.6 Å².